The predicted octanol–water partition coefficient (Wildman–Crippen LogP) is 2.53. The Hall–Kier alpha value is -1.46. The van der Waals surface area contributed by atoms with Gasteiger partial charge in [0.15, 0.2) is 0 Å². The van der Waals surface area contributed by atoms with Crippen molar-refractivity contribution in [3.8, 4) is 0 Å². The van der Waals surface area contributed by atoms with E-state index in [-0.39, 0.29) is 11.1 Å². The van der Waals surface area contributed by atoms with E-state index >= 15 is 0 Å². The van der Waals surface area contributed by atoms with Crippen molar-refractivity contribution in [2.24, 2.45) is 0 Å². The Labute approximate surface area is 153 Å². The summed E-state index contributed by atoms with van der Waals surface area (Å²) in [4.78, 5) is 0. The number of nitrogens with one attached hydrogen (secondary N) is 1. The molecule has 0 amide bonds. The van der Waals surface area contributed by atoms with Crippen molar-refractivity contribution in [2.45, 2.75) is 38.3 Å². The summed E-state index contributed by atoms with van der Waals surface area (Å²) in [5.74, 6) is 0. The van der Waals surface area contributed by atoms with Crippen LogP contribution in [0.1, 0.15) is 27.2 Å². The summed E-state index contributed by atoms with van der Waals surface area (Å²) in [6.07, 6.45) is 0.244. The fourth-order valence-corrected chi connectivity index (χ4v) is 8.03. The topological polar surface area (TPSA) is 41.5 Å². The van der Waals surface area contributed by atoms with E-state index < -0.39 is 8.32 Å². The average Bonchev–Trinajstić information content (AvgIpc) is 2.59. The summed E-state index contributed by atoms with van der Waals surface area (Å²) in [5, 5.41) is 15.6. The highest BCUT2D eigenvalue weighted by atomic mass is 28.4. The van der Waals surface area contributed by atoms with Crippen molar-refractivity contribution in [3.63, 3.8) is 0 Å². The van der Waals surface area contributed by atoms with Gasteiger partial charge in [0.2, 0.25) is 0 Å². The molecule has 4 heteroatoms. The molecular formula is C21H31NO2Si. The fourth-order valence-electron chi connectivity index (χ4n) is 3.45. The second kappa shape index (κ2) is 8.76. The third-order valence-electron chi connectivity index (χ3n) is 4.63. The molecule has 0 saturated carbocycles. The molecule has 0 radical (unpaired) electrons. The first-order valence-corrected chi connectivity index (χ1v) is 10.9. The first-order chi connectivity index (χ1) is 11.9. The van der Waals surface area contributed by atoms with Crippen LogP contribution in [0.3, 0.4) is 0 Å². The minimum Gasteiger partial charge on any atom is -0.407 e. The maximum Gasteiger partial charge on any atom is 0.261 e. The van der Waals surface area contributed by atoms with Gasteiger partial charge in [-0.3, -0.25) is 0 Å². The molecule has 0 spiro atoms. The summed E-state index contributed by atoms with van der Waals surface area (Å²) in [7, 11) is -0.617. The summed E-state index contributed by atoms with van der Waals surface area (Å²) < 4.78 is 6.73. The molecule has 2 aromatic carbocycles. The lowest BCUT2D eigenvalue weighted by Crippen LogP contribution is -2.66. The van der Waals surface area contributed by atoms with Crippen molar-refractivity contribution in [3.05, 3.63) is 60.7 Å². The maximum absolute atomic E-state index is 10.1. The smallest absolute Gasteiger partial charge is 0.261 e. The van der Waals surface area contributed by atoms with Crippen LogP contribution >= 0.6 is 0 Å². The van der Waals surface area contributed by atoms with Gasteiger partial charge in [0, 0.05) is 13.2 Å². The Morgan fingerprint density at radius 2 is 1.44 bits per heavy atom. The third-order valence-corrected chi connectivity index (χ3v) is 9.67. The molecule has 3 nitrogen and oxygen atoms in total. The van der Waals surface area contributed by atoms with E-state index in [9.17, 15) is 5.11 Å². The number of aliphatic hydroxyl groups excluding tert-OH is 1. The quantitative estimate of drug-likeness (QED) is 0.714. The Morgan fingerprint density at radius 1 is 0.960 bits per heavy atom. The predicted molar refractivity (Wildman–Crippen MR) is 108 cm³/mol. The zero-order chi connectivity index (χ0) is 18.3. The van der Waals surface area contributed by atoms with E-state index in [1.807, 2.05) is 19.2 Å². The molecular weight excluding hydrogens is 326 g/mol. The van der Waals surface area contributed by atoms with Gasteiger partial charge in [0.25, 0.3) is 8.32 Å². The molecule has 0 aliphatic rings. The molecule has 2 aromatic rings. The first kappa shape index (κ1) is 19.9. The van der Waals surface area contributed by atoms with Crippen LogP contribution in [-0.2, 0) is 4.43 Å². The summed E-state index contributed by atoms with van der Waals surface area (Å²) in [5.41, 5.74) is 0. The van der Waals surface area contributed by atoms with Crippen LogP contribution in [0.25, 0.3) is 0 Å². The molecule has 136 valence electrons. The molecule has 25 heavy (non-hydrogen) atoms. The van der Waals surface area contributed by atoms with Crippen LogP contribution in [-0.4, -0.2) is 39.7 Å². The van der Waals surface area contributed by atoms with Gasteiger partial charge in [-0.15, -0.1) is 0 Å². The van der Waals surface area contributed by atoms with E-state index in [0.717, 1.165) is 0 Å². The monoisotopic (exact) mass is 357 g/mol. The molecule has 1 atom stereocenters. The number of aliphatic hydroxyl groups is 1. The number of benzene rings is 2. The van der Waals surface area contributed by atoms with Crippen LogP contribution in [0.15, 0.2) is 60.7 Å². The van der Waals surface area contributed by atoms with Gasteiger partial charge < -0.3 is 14.8 Å². The molecule has 0 aromatic heterocycles. The minimum atomic E-state index is -2.47. The molecule has 0 aliphatic heterocycles. The first-order valence-electron chi connectivity index (χ1n) is 8.99. The average molecular weight is 358 g/mol. The second-order valence-electron chi connectivity index (χ2n) is 7.51. The van der Waals surface area contributed by atoms with Gasteiger partial charge in [-0.05, 0) is 28.9 Å². The largest absolute Gasteiger partial charge is 0.407 e. The summed E-state index contributed by atoms with van der Waals surface area (Å²) in [6.45, 7) is 7.94. The third kappa shape index (κ3) is 4.58. The summed E-state index contributed by atoms with van der Waals surface area (Å²) >= 11 is 0. The molecule has 2 N–H and O–H groups in total. The molecule has 0 fully saturated rings. The van der Waals surface area contributed by atoms with Gasteiger partial charge in [0.05, 0.1) is 6.10 Å². The lowest BCUT2D eigenvalue weighted by atomic mass is 10.2. The standard InChI is InChI=1S/C21H31NO2Si/c1-21(2,3)25(19-11-7-5-8-12-19,20-13-9-6-10-14-20)24-16-15-18(23)17-22-4/h5-14,18,22-23H,15-17H2,1-4H3. The second-order valence-corrected chi connectivity index (χ2v) is 11.8. The molecule has 0 saturated heterocycles. The van der Waals surface area contributed by atoms with Crippen LogP contribution in [0.5, 0.6) is 0 Å². The number of hydrogen-bond donors (Lipinski definition) is 2. The Kier molecular flexibility index (Phi) is 6.96. The normalized spacial score (nSPS) is 13.6. The zero-order valence-corrected chi connectivity index (χ0v) is 16.8. The van der Waals surface area contributed by atoms with Gasteiger partial charge >= 0.3 is 0 Å². The zero-order valence-electron chi connectivity index (χ0n) is 15.8. The number of hydrogen-bond acceptors (Lipinski definition) is 3. The van der Waals surface area contributed by atoms with Crippen LogP contribution in [0.2, 0.25) is 5.04 Å². The molecule has 0 heterocycles. The van der Waals surface area contributed by atoms with E-state index in [1.165, 1.54) is 10.4 Å². The van der Waals surface area contributed by atoms with Crippen molar-refractivity contribution in [2.75, 3.05) is 20.2 Å². The van der Waals surface area contributed by atoms with E-state index in [4.69, 9.17) is 4.43 Å². The van der Waals surface area contributed by atoms with Gasteiger partial charge in [-0.1, -0.05) is 81.4 Å². The van der Waals surface area contributed by atoms with Crippen molar-refractivity contribution in [1.29, 1.82) is 0 Å². The Balaban J connectivity index is 2.42. The van der Waals surface area contributed by atoms with E-state index in [0.29, 0.717) is 19.6 Å². The Bertz CT molecular complexity index is 586. The minimum absolute atomic E-state index is 0.0241. The highest BCUT2D eigenvalue weighted by molar-refractivity contribution is 6.99. The highest BCUT2D eigenvalue weighted by Gasteiger charge is 2.49. The fraction of sp³-hybridized carbons (Fsp3) is 0.429. The van der Waals surface area contributed by atoms with Crippen LogP contribution in [0, 0.1) is 0 Å². The van der Waals surface area contributed by atoms with Crippen molar-refractivity contribution >= 4 is 18.7 Å². The van der Waals surface area contributed by atoms with Gasteiger partial charge in [0.1, 0.15) is 0 Å². The lowest BCUT2D eigenvalue weighted by molar-refractivity contribution is 0.136. The molecule has 0 bridgehead atoms. The number of likely N-dealkylation sites (N-methyl/N-ethyl adjacent to an activating group) is 1. The van der Waals surface area contributed by atoms with Crippen LogP contribution in [0.4, 0.5) is 0 Å². The van der Waals surface area contributed by atoms with E-state index in [2.05, 4.69) is 74.6 Å². The molecule has 1 unspecified atom stereocenters. The summed E-state index contributed by atoms with van der Waals surface area (Å²) in [6, 6.07) is 21.2. The van der Waals surface area contributed by atoms with Gasteiger partial charge in [-0.2, -0.15) is 0 Å². The Morgan fingerprint density at radius 3 is 1.84 bits per heavy atom. The highest BCUT2D eigenvalue weighted by Crippen LogP contribution is 2.36. The van der Waals surface area contributed by atoms with Crippen molar-refractivity contribution in [1.82, 2.24) is 5.32 Å². The molecule has 0 aliphatic carbocycles. The van der Waals surface area contributed by atoms with Crippen LogP contribution < -0.4 is 15.7 Å². The van der Waals surface area contributed by atoms with Gasteiger partial charge in [-0.25, -0.2) is 0 Å². The van der Waals surface area contributed by atoms with E-state index in [1.54, 1.807) is 0 Å². The lowest BCUT2D eigenvalue weighted by Gasteiger charge is -2.43. The number of rotatable bonds is 8. The molecule has 2 rings (SSSR count). The van der Waals surface area contributed by atoms with Crippen molar-refractivity contribution < 1.29 is 9.53 Å². The SMILES string of the molecule is CNCC(O)CCO[Si](c1ccccc1)(c1ccccc1)C(C)(C)C. The maximum atomic E-state index is 10.1.